The second-order valence-electron chi connectivity index (χ2n) is 4.50. The van der Waals surface area contributed by atoms with Gasteiger partial charge in [0.15, 0.2) is 0 Å². The largest absolute Gasteiger partial charge is 0.395 e. The summed E-state index contributed by atoms with van der Waals surface area (Å²) < 4.78 is 0. The molecular formula is C14H22N4O2. The first-order valence-electron chi connectivity index (χ1n) is 6.46. The van der Waals surface area contributed by atoms with Crippen molar-refractivity contribution in [3.63, 3.8) is 0 Å². The number of amides is 2. The molecule has 0 aliphatic carbocycles. The lowest BCUT2D eigenvalue weighted by molar-refractivity contribution is 0.183. The van der Waals surface area contributed by atoms with Crippen molar-refractivity contribution in [3.8, 4) is 0 Å². The van der Waals surface area contributed by atoms with Crippen LogP contribution >= 0.6 is 0 Å². The average molecular weight is 278 g/mol. The Bertz CT molecular complexity index is 449. The van der Waals surface area contributed by atoms with E-state index in [2.05, 4.69) is 16.9 Å². The van der Waals surface area contributed by atoms with Gasteiger partial charge in [0.25, 0.3) is 0 Å². The monoisotopic (exact) mass is 278 g/mol. The summed E-state index contributed by atoms with van der Waals surface area (Å²) in [7, 11) is 3.83. The molecule has 1 aromatic rings. The molecule has 0 radical (unpaired) electrons. The van der Waals surface area contributed by atoms with E-state index in [1.807, 2.05) is 37.2 Å². The zero-order valence-corrected chi connectivity index (χ0v) is 12.0. The smallest absolute Gasteiger partial charge is 0.318 e. The first-order chi connectivity index (χ1) is 9.58. The van der Waals surface area contributed by atoms with E-state index in [4.69, 9.17) is 5.11 Å². The Balaban J connectivity index is 2.59. The lowest BCUT2D eigenvalue weighted by Crippen LogP contribution is -2.41. The fourth-order valence-corrected chi connectivity index (χ4v) is 1.64. The number of pyridine rings is 1. The quantitative estimate of drug-likeness (QED) is 0.725. The van der Waals surface area contributed by atoms with Crippen LogP contribution in [0.1, 0.15) is 5.69 Å². The number of hydrogen-bond donors (Lipinski definition) is 2. The maximum atomic E-state index is 11.9. The van der Waals surface area contributed by atoms with E-state index in [0.717, 1.165) is 11.5 Å². The molecule has 0 aliphatic heterocycles. The lowest BCUT2D eigenvalue weighted by atomic mass is 10.3. The highest BCUT2D eigenvalue weighted by molar-refractivity contribution is 5.74. The SMILES string of the molecule is C=CCN(CCO)C(=O)NCc1cccc(N(C)C)n1. The van der Waals surface area contributed by atoms with E-state index in [1.54, 1.807) is 6.08 Å². The molecule has 0 unspecified atom stereocenters. The van der Waals surface area contributed by atoms with Gasteiger partial charge in [-0.3, -0.25) is 0 Å². The van der Waals surface area contributed by atoms with Crippen molar-refractivity contribution in [2.75, 3.05) is 38.7 Å². The molecule has 0 saturated carbocycles. The third kappa shape index (κ3) is 4.89. The van der Waals surface area contributed by atoms with Crippen molar-refractivity contribution in [3.05, 3.63) is 36.5 Å². The number of rotatable bonds is 7. The second-order valence-corrected chi connectivity index (χ2v) is 4.50. The zero-order chi connectivity index (χ0) is 15.0. The average Bonchev–Trinajstić information content (AvgIpc) is 2.45. The number of anilines is 1. The molecule has 2 N–H and O–H groups in total. The third-order valence-electron chi connectivity index (χ3n) is 2.68. The normalized spacial score (nSPS) is 9.95. The molecule has 0 aromatic carbocycles. The van der Waals surface area contributed by atoms with Gasteiger partial charge in [0.1, 0.15) is 5.82 Å². The molecular weight excluding hydrogens is 256 g/mol. The Kier molecular flexibility index (Phi) is 6.52. The predicted molar refractivity (Wildman–Crippen MR) is 79.7 cm³/mol. The van der Waals surface area contributed by atoms with Crippen molar-refractivity contribution in [2.45, 2.75) is 6.54 Å². The molecule has 0 aliphatic rings. The molecule has 1 rings (SSSR count). The van der Waals surface area contributed by atoms with Gasteiger partial charge in [-0.1, -0.05) is 12.1 Å². The van der Waals surface area contributed by atoms with Gasteiger partial charge >= 0.3 is 6.03 Å². The molecule has 2 amide bonds. The zero-order valence-electron chi connectivity index (χ0n) is 12.0. The molecule has 0 atom stereocenters. The summed E-state index contributed by atoms with van der Waals surface area (Å²) in [5, 5.41) is 11.7. The molecule has 0 spiro atoms. The van der Waals surface area contributed by atoms with Crippen molar-refractivity contribution < 1.29 is 9.90 Å². The molecule has 1 aromatic heterocycles. The summed E-state index contributed by atoms with van der Waals surface area (Å²) in [6, 6.07) is 5.42. The molecule has 110 valence electrons. The summed E-state index contributed by atoms with van der Waals surface area (Å²) in [5.74, 6) is 0.843. The van der Waals surface area contributed by atoms with Crippen LogP contribution in [0.2, 0.25) is 0 Å². The van der Waals surface area contributed by atoms with Crippen LogP contribution in [0.15, 0.2) is 30.9 Å². The minimum Gasteiger partial charge on any atom is -0.395 e. The van der Waals surface area contributed by atoms with Gasteiger partial charge in [-0.05, 0) is 12.1 Å². The third-order valence-corrected chi connectivity index (χ3v) is 2.68. The van der Waals surface area contributed by atoms with Crippen molar-refractivity contribution in [1.82, 2.24) is 15.2 Å². The number of nitrogens with one attached hydrogen (secondary N) is 1. The Morgan fingerprint density at radius 3 is 2.85 bits per heavy atom. The van der Waals surface area contributed by atoms with Gasteiger partial charge in [0.05, 0.1) is 18.8 Å². The molecule has 6 heteroatoms. The molecule has 0 fully saturated rings. The molecule has 1 heterocycles. The van der Waals surface area contributed by atoms with E-state index in [-0.39, 0.29) is 19.2 Å². The van der Waals surface area contributed by atoms with Crippen LogP contribution in [0, 0.1) is 0 Å². The summed E-state index contributed by atoms with van der Waals surface area (Å²) in [6.45, 7) is 4.55. The summed E-state index contributed by atoms with van der Waals surface area (Å²) in [4.78, 5) is 19.7. The van der Waals surface area contributed by atoms with Crippen LogP contribution in [0.3, 0.4) is 0 Å². The van der Waals surface area contributed by atoms with Gasteiger partial charge in [-0.2, -0.15) is 0 Å². The van der Waals surface area contributed by atoms with Crippen LogP contribution < -0.4 is 10.2 Å². The van der Waals surface area contributed by atoms with Crippen LogP contribution in [-0.2, 0) is 6.54 Å². The van der Waals surface area contributed by atoms with Gasteiger partial charge in [-0.15, -0.1) is 6.58 Å². The fourth-order valence-electron chi connectivity index (χ4n) is 1.64. The highest BCUT2D eigenvalue weighted by Gasteiger charge is 2.11. The minimum atomic E-state index is -0.240. The van der Waals surface area contributed by atoms with Gasteiger partial charge in [-0.25, -0.2) is 9.78 Å². The number of aliphatic hydroxyl groups is 1. The van der Waals surface area contributed by atoms with Crippen LogP contribution in [0.4, 0.5) is 10.6 Å². The van der Waals surface area contributed by atoms with Gasteiger partial charge in [0, 0.05) is 27.2 Å². The second kappa shape index (κ2) is 8.16. The number of nitrogens with zero attached hydrogens (tertiary/aromatic N) is 3. The van der Waals surface area contributed by atoms with E-state index >= 15 is 0 Å². The predicted octanol–water partition coefficient (Wildman–Crippen LogP) is 0.837. The lowest BCUT2D eigenvalue weighted by Gasteiger charge is -2.20. The van der Waals surface area contributed by atoms with Crippen molar-refractivity contribution >= 4 is 11.8 Å². The number of hydrogen-bond acceptors (Lipinski definition) is 4. The minimum absolute atomic E-state index is 0.0738. The van der Waals surface area contributed by atoms with E-state index in [1.165, 1.54) is 4.90 Å². The van der Waals surface area contributed by atoms with Gasteiger partial charge in [0.2, 0.25) is 0 Å². The number of aliphatic hydroxyl groups excluding tert-OH is 1. The maximum Gasteiger partial charge on any atom is 0.318 e. The topological polar surface area (TPSA) is 68.7 Å². The standard InChI is InChI=1S/C14H22N4O2/c1-4-8-18(9-10-19)14(20)15-11-12-6-5-7-13(16-12)17(2)3/h4-7,19H,1,8-11H2,2-3H3,(H,15,20). The van der Waals surface area contributed by atoms with Crippen LogP contribution in [0.5, 0.6) is 0 Å². The Morgan fingerprint density at radius 1 is 1.50 bits per heavy atom. The highest BCUT2D eigenvalue weighted by atomic mass is 16.3. The fraction of sp³-hybridized carbons (Fsp3) is 0.429. The number of urea groups is 1. The number of carbonyl (C=O) groups is 1. The Hall–Kier alpha value is -2.08. The van der Waals surface area contributed by atoms with E-state index in [0.29, 0.717) is 13.1 Å². The highest BCUT2D eigenvalue weighted by Crippen LogP contribution is 2.07. The summed E-state index contributed by atoms with van der Waals surface area (Å²) >= 11 is 0. The Labute approximate surface area is 119 Å². The summed E-state index contributed by atoms with van der Waals surface area (Å²) in [6.07, 6.45) is 1.63. The summed E-state index contributed by atoms with van der Waals surface area (Å²) in [5.41, 5.74) is 0.784. The molecule has 20 heavy (non-hydrogen) atoms. The van der Waals surface area contributed by atoms with Crippen LogP contribution in [0.25, 0.3) is 0 Å². The van der Waals surface area contributed by atoms with Crippen LogP contribution in [-0.4, -0.2) is 54.8 Å². The van der Waals surface area contributed by atoms with Crippen molar-refractivity contribution in [1.29, 1.82) is 0 Å². The van der Waals surface area contributed by atoms with E-state index < -0.39 is 0 Å². The number of carbonyl (C=O) groups excluding carboxylic acids is 1. The molecule has 6 nitrogen and oxygen atoms in total. The van der Waals surface area contributed by atoms with E-state index in [9.17, 15) is 4.79 Å². The molecule has 0 saturated heterocycles. The maximum absolute atomic E-state index is 11.9. The first kappa shape index (κ1) is 16.0. The van der Waals surface area contributed by atoms with Gasteiger partial charge < -0.3 is 20.2 Å². The number of aromatic nitrogens is 1. The Morgan fingerprint density at radius 2 is 2.25 bits per heavy atom. The first-order valence-corrected chi connectivity index (χ1v) is 6.46. The van der Waals surface area contributed by atoms with Crippen molar-refractivity contribution in [2.24, 2.45) is 0 Å². The molecule has 0 bridgehead atoms.